The highest BCUT2D eigenvalue weighted by molar-refractivity contribution is 6.30. The largest absolute Gasteiger partial charge is 0.495 e. The molecule has 3 nitrogen and oxygen atoms in total. The van der Waals surface area contributed by atoms with Gasteiger partial charge in [-0.2, -0.15) is 0 Å². The SMILES string of the molecule is C=CCOc1ccccc1CNc1cc(Cl)ccc1OC. The molecule has 0 aromatic heterocycles. The van der Waals surface area contributed by atoms with E-state index < -0.39 is 0 Å². The zero-order valence-corrected chi connectivity index (χ0v) is 12.7. The second-order valence-corrected chi connectivity index (χ2v) is 4.84. The van der Waals surface area contributed by atoms with Crippen LogP contribution in [0.3, 0.4) is 0 Å². The number of nitrogens with one attached hydrogen (secondary N) is 1. The quantitative estimate of drug-likeness (QED) is 0.763. The van der Waals surface area contributed by atoms with Crippen molar-refractivity contribution < 1.29 is 9.47 Å². The molecule has 0 fully saturated rings. The van der Waals surface area contributed by atoms with Crippen molar-refractivity contribution in [1.29, 1.82) is 0 Å². The van der Waals surface area contributed by atoms with Crippen LogP contribution in [0.5, 0.6) is 11.5 Å². The van der Waals surface area contributed by atoms with Gasteiger partial charge in [-0.05, 0) is 24.3 Å². The Balaban J connectivity index is 2.13. The zero-order chi connectivity index (χ0) is 15.1. The average molecular weight is 304 g/mol. The van der Waals surface area contributed by atoms with Crippen molar-refractivity contribution in [3.8, 4) is 11.5 Å². The molecule has 0 unspecified atom stereocenters. The van der Waals surface area contributed by atoms with Crippen LogP contribution in [0.25, 0.3) is 0 Å². The molecule has 2 aromatic carbocycles. The van der Waals surface area contributed by atoms with Gasteiger partial charge in [0.05, 0.1) is 12.8 Å². The summed E-state index contributed by atoms with van der Waals surface area (Å²) in [6.45, 7) is 4.76. The minimum Gasteiger partial charge on any atom is -0.495 e. The second kappa shape index (κ2) is 7.60. The smallest absolute Gasteiger partial charge is 0.142 e. The molecule has 0 aliphatic heterocycles. The molecule has 2 aromatic rings. The fourth-order valence-electron chi connectivity index (χ4n) is 1.95. The summed E-state index contributed by atoms with van der Waals surface area (Å²) in [6.07, 6.45) is 1.73. The summed E-state index contributed by atoms with van der Waals surface area (Å²) in [7, 11) is 1.63. The lowest BCUT2D eigenvalue weighted by atomic mass is 10.2. The molecule has 1 N–H and O–H groups in total. The number of rotatable bonds is 7. The third-order valence-corrected chi connectivity index (χ3v) is 3.20. The van der Waals surface area contributed by atoms with Crippen LogP contribution in [0.2, 0.25) is 5.02 Å². The Bertz CT molecular complexity index is 613. The molecule has 0 aliphatic rings. The predicted molar refractivity (Wildman–Crippen MR) is 87.5 cm³/mol. The molecule has 110 valence electrons. The van der Waals surface area contributed by atoms with Crippen molar-refractivity contribution >= 4 is 17.3 Å². The first kappa shape index (κ1) is 15.3. The van der Waals surface area contributed by atoms with Gasteiger partial charge in [-0.15, -0.1) is 0 Å². The number of para-hydroxylation sites is 1. The molecule has 0 heterocycles. The van der Waals surface area contributed by atoms with E-state index in [1.54, 1.807) is 19.3 Å². The van der Waals surface area contributed by atoms with Gasteiger partial charge in [0.25, 0.3) is 0 Å². The maximum Gasteiger partial charge on any atom is 0.142 e. The molecule has 0 saturated heterocycles. The minimum atomic E-state index is 0.484. The average Bonchev–Trinajstić information content (AvgIpc) is 2.52. The number of halogens is 1. The van der Waals surface area contributed by atoms with Crippen LogP contribution in [0.1, 0.15) is 5.56 Å². The van der Waals surface area contributed by atoms with E-state index in [0.29, 0.717) is 18.2 Å². The van der Waals surface area contributed by atoms with Crippen LogP contribution >= 0.6 is 11.6 Å². The number of ether oxygens (including phenoxy) is 2. The van der Waals surface area contributed by atoms with Gasteiger partial charge in [-0.25, -0.2) is 0 Å². The van der Waals surface area contributed by atoms with E-state index in [-0.39, 0.29) is 0 Å². The van der Waals surface area contributed by atoms with Crippen molar-refractivity contribution in [1.82, 2.24) is 0 Å². The molecular weight excluding hydrogens is 286 g/mol. The lowest BCUT2D eigenvalue weighted by Crippen LogP contribution is -2.04. The lowest BCUT2D eigenvalue weighted by Gasteiger charge is -2.14. The fourth-order valence-corrected chi connectivity index (χ4v) is 2.12. The predicted octanol–water partition coefficient (Wildman–Crippen LogP) is 4.53. The summed E-state index contributed by atoms with van der Waals surface area (Å²) in [5, 5.41) is 3.98. The highest BCUT2D eigenvalue weighted by Crippen LogP contribution is 2.29. The normalized spacial score (nSPS) is 10.0. The number of methoxy groups -OCH3 is 1. The summed E-state index contributed by atoms with van der Waals surface area (Å²) < 4.78 is 11.0. The zero-order valence-electron chi connectivity index (χ0n) is 11.9. The molecule has 2 rings (SSSR count). The summed E-state index contributed by atoms with van der Waals surface area (Å²) in [6, 6.07) is 13.4. The van der Waals surface area contributed by atoms with E-state index in [4.69, 9.17) is 21.1 Å². The van der Waals surface area contributed by atoms with Gasteiger partial charge in [0.2, 0.25) is 0 Å². The van der Waals surface area contributed by atoms with E-state index in [0.717, 1.165) is 22.7 Å². The maximum absolute atomic E-state index is 6.02. The molecule has 0 radical (unpaired) electrons. The van der Waals surface area contributed by atoms with Crippen molar-refractivity contribution in [2.75, 3.05) is 19.0 Å². The molecule has 21 heavy (non-hydrogen) atoms. The Labute approximate surface area is 130 Å². The van der Waals surface area contributed by atoms with E-state index in [2.05, 4.69) is 11.9 Å². The van der Waals surface area contributed by atoms with Crippen LogP contribution in [-0.4, -0.2) is 13.7 Å². The Morgan fingerprint density at radius 3 is 2.76 bits per heavy atom. The molecule has 0 bridgehead atoms. The number of hydrogen-bond acceptors (Lipinski definition) is 3. The first-order chi connectivity index (χ1) is 10.2. The standard InChI is InChI=1S/C17H18ClNO2/c1-3-10-21-16-7-5-4-6-13(16)12-19-15-11-14(18)8-9-17(15)20-2/h3-9,11,19H,1,10,12H2,2H3. The number of anilines is 1. The van der Waals surface area contributed by atoms with Crippen LogP contribution < -0.4 is 14.8 Å². The Kier molecular flexibility index (Phi) is 5.52. The third-order valence-electron chi connectivity index (χ3n) is 2.96. The maximum atomic E-state index is 6.02. The summed E-state index contributed by atoms with van der Waals surface area (Å²) >= 11 is 6.02. The molecular formula is C17H18ClNO2. The molecule has 0 atom stereocenters. The Morgan fingerprint density at radius 2 is 2.00 bits per heavy atom. The van der Waals surface area contributed by atoms with Crippen molar-refractivity contribution in [3.63, 3.8) is 0 Å². The number of benzene rings is 2. The van der Waals surface area contributed by atoms with Gasteiger partial charge in [0.1, 0.15) is 18.1 Å². The van der Waals surface area contributed by atoms with Crippen molar-refractivity contribution in [2.45, 2.75) is 6.54 Å². The Hall–Kier alpha value is -2.13. The van der Waals surface area contributed by atoms with Gasteiger partial charge in [0.15, 0.2) is 0 Å². The third kappa shape index (κ3) is 4.17. The number of hydrogen-bond donors (Lipinski definition) is 1. The molecule has 0 amide bonds. The summed E-state index contributed by atoms with van der Waals surface area (Å²) in [5.74, 6) is 1.59. The monoisotopic (exact) mass is 303 g/mol. The van der Waals surface area contributed by atoms with Gasteiger partial charge in [0, 0.05) is 17.1 Å². The lowest BCUT2D eigenvalue weighted by molar-refractivity contribution is 0.359. The highest BCUT2D eigenvalue weighted by atomic mass is 35.5. The molecule has 0 aliphatic carbocycles. The molecule has 0 saturated carbocycles. The van der Waals surface area contributed by atoms with Crippen LogP contribution in [0.4, 0.5) is 5.69 Å². The molecule has 0 spiro atoms. The van der Waals surface area contributed by atoms with Gasteiger partial charge >= 0.3 is 0 Å². The van der Waals surface area contributed by atoms with Crippen molar-refractivity contribution in [2.24, 2.45) is 0 Å². The van der Waals surface area contributed by atoms with Crippen LogP contribution in [0.15, 0.2) is 55.1 Å². The van der Waals surface area contributed by atoms with E-state index in [9.17, 15) is 0 Å². The summed E-state index contributed by atoms with van der Waals surface area (Å²) in [5.41, 5.74) is 1.91. The minimum absolute atomic E-state index is 0.484. The van der Waals surface area contributed by atoms with Crippen LogP contribution in [0, 0.1) is 0 Å². The topological polar surface area (TPSA) is 30.5 Å². The molecule has 4 heteroatoms. The first-order valence-electron chi connectivity index (χ1n) is 6.63. The fraction of sp³-hybridized carbons (Fsp3) is 0.176. The highest BCUT2D eigenvalue weighted by Gasteiger charge is 2.06. The first-order valence-corrected chi connectivity index (χ1v) is 7.01. The van der Waals surface area contributed by atoms with Crippen molar-refractivity contribution in [3.05, 3.63) is 65.7 Å². The second-order valence-electron chi connectivity index (χ2n) is 4.41. The van der Waals surface area contributed by atoms with Gasteiger partial charge < -0.3 is 14.8 Å². The van der Waals surface area contributed by atoms with E-state index >= 15 is 0 Å². The summed E-state index contributed by atoms with van der Waals surface area (Å²) in [4.78, 5) is 0. The van der Waals surface area contributed by atoms with E-state index in [1.807, 2.05) is 36.4 Å². The van der Waals surface area contributed by atoms with Crippen LogP contribution in [-0.2, 0) is 6.54 Å². The van der Waals surface area contributed by atoms with E-state index in [1.165, 1.54) is 0 Å². The van der Waals surface area contributed by atoms with Gasteiger partial charge in [-0.3, -0.25) is 0 Å². The van der Waals surface area contributed by atoms with Gasteiger partial charge in [-0.1, -0.05) is 42.5 Å². The Morgan fingerprint density at radius 1 is 1.19 bits per heavy atom.